The van der Waals surface area contributed by atoms with Gasteiger partial charge in [0.25, 0.3) is 5.91 Å². The largest absolute Gasteiger partial charge is 0.362 e. The van der Waals surface area contributed by atoms with Crippen molar-refractivity contribution in [3.63, 3.8) is 0 Å². The van der Waals surface area contributed by atoms with Crippen LogP contribution in [0.15, 0.2) is 11.1 Å². The Hall–Kier alpha value is -1.25. The Morgan fingerprint density at radius 2 is 2.38 bits per heavy atom. The maximum atomic E-state index is 11.1. The van der Waals surface area contributed by atoms with E-state index in [1.165, 1.54) is 0 Å². The van der Waals surface area contributed by atoms with Crippen LogP contribution in [0.4, 0.5) is 0 Å². The third kappa shape index (κ3) is 2.61. The number of H-pyrrole nitrogens is 1. The van der Waals surface area contributed by atoms with Gasteiger partial charge in [-0.3, -0.25) is 4.79 Å². The molecule has 4 heteroatoms. The molecule has 0 bridgehead atoms. The average Bonchev–Trinajstić information content (AvgIpc) is 2.30. The summed E-state index contributed by atoms with van der Waals surface area (Å²) in [6, 6.07) is 1.94. The third-order valence-electron chi connectivity index (χ3n) is 1.77. The van der Waals surface area contributed by atoms with Gasteiger partial charge in [-0.1, -0.05) is 0 Å². The van der Waals surface area contributed by atoms with Crippen molar-refractivity contribution in [2.24, 2.45) is 4.99 Å². The Morgan fingerprint density at radius 1 is 1.69 bits per heavy atom. The van der Waals surface area contributed by atoms with E-state index in [0.717, 1.165) is 17.0 Å². The summed E-state index contributed by atoms with van der Waals surface area (Å²) in [4.78, 5) is 17.6. The second kappa shape index (κ2) is 4.12. The third-order valence-corrected chi connectivity index (χ3v) is 1.86. The van der Waals surface area contributed by atoms with E-state index in [9.17, 15) is 4.79 Å². The molecule has 0 spiro atoms. The summed E-state index contributed by atoms with van der Waals surface area (Å²) < 4.78 is 0. The van der Waals surface area contributed by atoms with Crippen LogP contribution in [-0.4, -0.2) is 16.1 Å². The number of amides is 1. The molecular weight excluding hydrogens is 184 g/mol. The van der Waals surface area contributed by atoms with Crippen LogP contribution in [0.2, 0.25) is 0 Å². The second-order valence-electron chi connectivity index (χ2n) is 2.88. The molecule has 0 aliphatic carbocycles. The van der Waals surface area contributed by atoms with Crippen molar-refractivity contribution in [1.29, 1.82) is 0 Å². The van der Waals surface area contributed by atoms with Gasteiger partial charge in [0.1, 0.15) is 0 Å². The van der Waals surface area contributed by atoms with Crippen LogP contribution in [0.5, 0.6) is 0 Å². The van der Waals surface area contributed by atoms with Crippen molar-refractivity contribution >= 4 is 23.3 Å². The Kier molecular flexibility index (Phi) is 3.12. The van der Waals surface area contributed by atoms with E-state index in [1.807, 2.05) is 19.9 Å². The van der Waals surface area contributed by atoms with Gasteiger partial charge in [-0.05, 0) is 37.7 Å². The van der Waals surface area contributed by atoms with Crippen LogP contribution >= 0.6 is 12.2 Å². The molecule has 0 atom stereocenters. The molecule has 0 aromatic carbocycles. The first-order valence-corrected chi connectivity index (χ1v) is 4.30. The number of nitrogens with zero attached hydrogens (tertiary/aromatic N) is 1. The zero-order valence-electron chi connectivity index (χ0n) is 7.55. The number of aliphatic imine (C=N–C) groups is 1. The molecule has 1 rings (SSSR count). The average molecular weight is 194 g/mol. The molecule has 0 saturated heterocycles. The smallest absolute Gasteiger partial charge is 0.259 e. The molecule has 0 saturated carbocycles. The fourth-order valence-corrected chi connectivity index (χ4v) is 1.32. The fourth-order valence-electron chi connectivity index (χ4n) is 1.22. The van der Waals surface area contributed by atoms with E-state index in [1.54, 1.807) is 0 Å². The number of aromatic amines is 1. The van der Waals surface area contributed by atoms with E-state index >= 15 is 0 Å². The summed E-state index contributed by atoms with van der Waals surface area (Å²) in [5.41, 5.74) is 3.02. The van der Waals surface area contributed by atoms with Crippen molar-refractivity contribution in [1.82, 2.24) is 4.98 Å². The first-order chi connectivity index (χ1) is 6.13. The maximum Gasteiger partial charge on any atom is 0.259 e. The lowest BCUT2D eigenvalue weighted by Crippen LogP contribution is -1.98. The Labute approximate surface area is 81.9 Å². The van der Waals surface area contributed by atoms with Crippen molar-refractivity contribution in [2.75, 3.05) is 0 Å². The summed E-state index contributed by atoms with van der Waals surface area (Å²) in [5.74, 6) is -0.253. The molecule has 3 nitrogen and oxygen atoms in total. The molecule has 0 fully saturated rings. The summed E-state index contributed by atoms with van der Waals surface area (Å²) in [5, 5.41) is 2.06. The highest BCUT2D eigenvalue weighted by atomic mass is 32.1. The van der Waals surface area contributed by atoms with Gasteiger partial charge in [0, 0.05) is 11.4 Å². The number of isothiocyanates is 1. The molecule has 0 aliphatic heterocycles. The normalized spacial score (nSPS) is 9.38. The lowest BCUT2D eigenvalue weighted by atomic mass is 10.2. The summed E-state index contributed by atoms with van der Waals surface area (Å²) in [7, 11) is 0. The first-order valence-electron chi connectivity index (χ1n) is 3.89. The van der Waals surface area contributed by atoms with Crippen molar-refractivity contribution in [2.45, 2.75) is 20.3 Å². The quantitative estimate of drug-likeness (QED) is 0.576. The van der Waals surface area contributed by atoms with Crippen LogP contribution < -0.4 is 0 Å². The minimum absolute atomic E-state index is 0.253. The minimum atomic E-state index is -0.253. The number of hydrogen-bond donors (Lipinski definition) is 1. The molecule has 0 aliphatic rings. The topological polar surface area (TPSA) is 45.2 Å². The lowest BCUT2D eigenvalue weighted by molar-refractivity contribution is -0.117. The Bertz CT molecular complexity index is 375. The van der Waals surface area contributed by atoms with E-state index in [2.05, 4.69) is 27.4 Å². The minimum Gasteiger partial charge on any atom is -0.362 e. The summed E-state index contributed by atoms with van der Waals surface area (Å²) >= 11 is 4.34. The number of aryl methyl sites for hydroxylation is 2. The van der Waals surface area contributed by atoms with Gasteiger partial charge in [-0.2, -0.15) is 4.99 Å². The molecule has 0 unspecified atom stereocenters. The van der Waals surface area contributed by atoms with Gasteiger partial charge >= 0.3 is 0 Å². The molecule has 1 aromatic rings. The number of rotatable bonds is 2. The molecule has 1 amide bonds. The highest BCUT2D eigenvalue weighted by Crippen LogP contribution is 2.10. The molecular formula is C9H10N2OS. The molecule has 1 aromatic heterocycles. The van der Waals surface area contributed by atoms with Crippen molar-refractivity contribution < 1.29 is 4.79 Å². The predicted octanol–water partition coefficient (Wildman–Crippen LogP) is 1.80. The number of nitrogens with one attached hydrogen (secondary N) is 1. The molecule has 1 N–H and O–H groups in total. The van der Waals surface area contributed by atoms with Crippen molar-refractivity contribution in [3.05, 3.63) is 23.0 Å². The summed E-state index contributed by atoms with van der Waals surface area (Å²) in [6.45, 7) is 3.88. The van der Waals surface area contributed by atoms with Crippen LogP contribution in [-0.2, 0) is 11.2 Å². The van der Waals surface area contributed by atoms with Gasteiger partial charge in [-0.25, -0.2) is 0 Å². The number of thiocarbonyl (C=S) groups is 1. The van der Waals surface area contributed by atoms with Gasteiger partial charge in [0.2, 0.25) is 0 Å². The number of hydrogen-bond acceptors (Lipinski definition) is 2. The molecule has 68 valence electrons. The summed E-state index contributed by atoms with van der Waals surface area (Å²) in [6.07, 6.45) is 0.291. The van der Waals surface area contributed by atoms with E-state index < -0.39 is 0 Å². The maximum absolute atomic E-state index is 11.1. The number of carbonyl (C=O) groups is 1. The van der Waals surface area contributed by atoms with Crippen molar-refractivity contribution in [3.8, 4) is 0 Å². The SMILES string of the molecule is Cc1cc(CC(=O)N=C=S)c(C)[nH]1. The molecule has 0 radical (unpaired) electrons. The zero-order chi connectivity index (χ0) is 9.84. The molecule has 13 heavy (non-hydrogen) atoms. The van der Waals surface area contributed by atoms with E-state index in [0.29, 0.717) is 6.42 Å². The zero-order valence-corrected chi connectivity index (χ0v) is 8.36. The van der Waals surface area contributed by atoms with Gasteiger partial charge in [-0.15, -0.1) is 0 Å². The Balaban J connectivity index is 2.79. The van der Waals surface area contributed by atoms with Crippen LogP contribution in [0, 0.1) is 13.8 Å². The monoisotopic (exact) mass is 194 g/mol. The highest BCUT2D eigenvalue weighted by Gasteiger charge is 2.06. The van der Waals surface area contributed by atoms with Crippen LogP contribution in [0.1, 0.15) is 17.0 Å². The fraction of sp³-hybridized carbons (Fsp3) is 0.333. The Morgan fingerprint density at radius 3 is 2.85 bits per heavy atom. The highest BCUT2D eigenvalue weighted by molar-refractivity contribution is 7.78. The number of aromatic nitrogens is 1. The molecule has 1 heterocycles. The standard InChI is InChI=1S/C9H10N2OS/c1-6-3-8(7(2)11-6)4-9(12)10-5-13/h3,11H,4H2,1-2H3. The van der Waals surface area contributed by atoms with Gasteiger partial charge in [0.15, 0.2) is 0 Å². The predicted molar refractivity (Wildman–Crippen MR) is 54.0 cm³/mol. The van der Waals surface area contributed by atoms with E-state index in [4.69, 9.17) is 0 Å². The number of carbonyl (C=O) groups excluding carboxylic acids is 1. The second-order valence-corrected chi connectivity index (χ2v) is 3.06. The van der Waals surface area contributed by atoms with Crippen LogP contribution in [0.25, 0.3) is 0 Å². The van der Waals surface area contributed by atoms with E-state index in [-0.39, 0.29) is 5.91 Å². The van der Waals surface area contributed by atoms with Gasteiger partial charge < -0.3 is 4.98 Å². The lowest BCUT2D eigenvalue weighted by Gasteiger charge is -1.92. The van der Waals surface area contributed by atoms with Gasteiger partial charge in [0.05, 0.1) is 11.6 Å². The van der Waals surface area contributed by atoms with Crippen LogP contribution in [0.3, 0.4) is 0 Å². The first kappa shape index (κ1) is 9.84.